The van der Waals surface area contributed by atoms with Crippen LogP contribution in [0.1, 0.15) is 62.6 Å². The van der Waals surface area contributed by atoms with E-state index in [2.05, 4.69) is 31.2 Å². The lowest BCUT2D eigenvalue weighted by molar-refractivity contribution is 0.313. The minimum Gasteiger partial charge on any atom is -0.491 e. The van der Waals surface area contributed by atoms with Crippen molar-refractivity contribution in [1.29, 1.82) is 0 Å². The van der Waals surface area contributed by atoms with Gasteiger partial charge in [-0.25, -0.2) is 8.78 Å². The third-order valence-electron chi connectivity index (χ3n) is 6.50. The summed E-state index contributed by atoms with van der Waals surface area (Å²) in [4.78, 5) is 0. The van der Waals surface area contributed by atoms with Crippen molar-refractivity contribution in [3.05, 3.63) is 88.8 Å². The van der Waals surface area contributed by atoms with Crippen LogP contribution in [0.25, 0.3) is 0 Å². The Morgan fingerprint density at radius 3 is 2.18 bits per heavy atom. The van der Waals surface area contributed by atoms with Gasteiger partial charge in [0.05, 0.1) is 6.61 Å². The van der Waals surface area contributed by atoms with E-state index in [1.54, 1.807) is 19.1 Å². The molecule has 0 radical (unpaired) electrons. The third kappa shape index (κ3) is 7.25. The molecular weight excluding hydrogens is 421 g/mol. The molecule has 0 atom stereocenters. The Morgan fingerprint density at radius 1 is 0.848 bits per heavy atom. The van der Waals surface area contributed by atoms with E-state index in [0.717, 1.165) is 24.3 Å². The second-order valence-corrected chi connectivity index (χ2v) is 8.88. The lowest BCUT2D eigenvalue weighted by Crippen LogP contribution is -2.11. The number of allylic oxidation sites excluding steroid dienone is 4. The molecule has 1 aliphatic carbocycles. The van der Waals surface area contributed by atoms with E-state index in [9.17, 15) is 13.2 Å². The van der Waals surface area contributed by atoms with Gasteiger partial charge < -0.3 is 4.74 Å². The molecule has 1 saturated carbocycles. The van der Waals surface area contributed by atoms with E-state index >= 15 is 0 Å². The zero-order valence-corrected chi connectivity index (χ0v) is 19.8. The van der Waals surface area contributed by atoms with Crippen LogP contribution in [-0.4, -0.2) is 6.61 Å². The first-order valence-electron chi connectivity index (χ1n) is 12.2. The van der Waals surface area contributed by atoms with Gasteiger partial charge in [0.25, 0.3) is 0 Å². The topological polar surface area (TPSA) is 9.23 Å². The van der Waals surface area contributed by atoms with Gasteiger partial charge in [-0.05, 0) is 106 Å². The second-order valence-electron chi connectivity index (χ2n) is 8.88. The molecule has 0 unspecified atom stereocenters. The monoisotopic (exact) mass is 456 g/mol. The molecule has 0 aliphatic heterocycles. The summed E-state index contributed by atoms with van der Waals surface area (Å²) in [6.45, 7) is 4.07. The maximum atomic E-state index is 14.6. The van der Waals surface area contributed by atoms with Crippen LogP contribution >= 0.6 is 0 Å². The van der Waals surface area contributed by atoms with Crippen LogP contribution in [0.15, 0.2) is 54.6 Å². The summed E-state index contributed by atoms with van der Waals surface area (Å²) in [6.07, 6.45) is 16.3. The van der Waals surface area contributed by atoms with Gasteiger partial charge in [0.15, 0.2) is 11.6 Å². The van der Waals surface area contributed by atoms with E-state index in [4.69, 9.17) is 4.74 Å². The molecule has 1 fully saturated rings. The number of hydrogen-bond donors (Lipinski definition) is 0. The fourth-order valence-electron chi connectivity index (χ4n) is 4.59. The van der Waals surface area contributed by atoms with Crippen molar-refractivity contribution in [1.82, 2.24) is 0 Å². The molecular formula is C29H35F3O. The molecule has 0 heterocycles. The third-order valence-corrected chi connectivity index (χ3v) is 6.50. The highest BCUT2D eigenvalue weighted by molar-refractivity contribution is 5.32. The largest absolute Gasteiger partial charge is 0.491 e. The van der Waals surface area contributed by atoms with Crippen LogP contribution < -0.4 is 4.74 Å². The highest BCUT2D eigenvalue weighted by atomic mass is 19.2. The summed E-state index contributed by atoms with van der Waals surface area (Å²) in [5, 5.41) is 0. The number of ether oxygens (including phenoxy) is 1. The molecule has 0 aromatic heterocycles. The minimum absolute atomic E-state index is 0.0929. The Bertz CT molecular complexity index is 956. The average Bonchev–Trinajstić information content (AvgIpc) is 2.81. The fraction of sp³-hybridized carbons (Fsp3) is 0.448. The summed E-state index contributed by atoms with van der Waals surface area (Å²) in [5.41, 5.74) is 1.70. The normalized spacial score (nSPS) is 18.9. The molecule has 0 bridgehead atoms. The van der Waals surface area contributed by atoms with Gasteiger partial charge in [-0.15, -0.1) is 0 Å². The zero-order chi connectivity index (χ0) is 23.6. The highest BCUT2D eigenvalue weighted by Gasteiger charge is 2.17. The summed E-state index contributed by atoms with van der Waals surface area (Å²) >= 11 is 0. The molecule has 0 spiro atoms. The number of rotatable bonds is 10. The second kappa shape index (κ2) is 12.7. The van der Waals surface area contributed by atoms with Crippen molar-refractivity contribution in [3.8, 4) is 5.75 Å². The molecule has 0 N–H and O–H groups in total. The van der Waals surface area contributed by atoms with Crippen LogP contribution in [0, 0.1) is 29.3 Å². The Kier molecular flexibility index (Phi) is 9.65. The minimum atomic E-state index is -0.982. The van der Waals surface area contributed by atoms with Crippen molar-refractivity contribution in [3.63, 3.8) is 0 Å². The first-order chi connectivity index (χ1) is 16.0. The summed E-state index contributed by atoms with van der Waals surface area (Å²) < 4.78 is 48.0. The van der Waals surface area contributed by atoms with Gasteiger partial charge in [-0.1, -0.05) is 42.5 Å². The van der Waals surface area contributed by atoms with E-state index in [-0.39, 0.29) is 30.2 Å². The van der Waals surface area contributed by atoms with Crippen molar-refractivity contribution in [2.75, 3.05) is 6.61 Å². The molecule has 0 amide bonds. The summed E-state index contributed by atoms with van der Waals surface area (Å²) in [6, 6.07) is 8.21. The molecule has 0 saturated heterocycles. The molecule has 1 nitrogen and oxygen atoms in total. The first-order valence-corrected chi connectivity index (χ1v) is 12.2. The zero-order valence-electron chi connectivity index (χ0n) is 19.8. The van der Waals surface area contributed by atoms with Crippen molar-refractivity contribution in [2.24, 2.45) is 11.8 Å². The molecule has 33 heavy (non-hydrogen) atoms. The highest BCUT2D eigenvalue weighted by Crippen LogP contribution is 2.30. The molecule has 178 valence electrons. The molecule has 1 aliphatic rings. The van der Waals surface area contributed by atoms with Crippen LogP contribution in [0.4, 0.5) is 13.2 Å². The Hall–Kier alpha value is -2.49. The Morgan fingerprint density at radius 2 is 1.52 bits per heavy atom. The average molecular weight is 457 g/mol. The molecule has 2 aromatic carbocycles. The maximum absolute atomic E-state index is 14.6. The number of benzene rings is 2. The molecule has 4 heteroatoms. The molecule has 2 aromatic rings. The molecule has 3 rings (SSSR count). The lowest BCUT2D eigenvalue weighted by Gasteiger charge is -2.24. The van der Waals surface area contributed by atoms with Crippen molar-refractivity contribution >= 4 is 0 Å². The maximum Gasteiger partial charge on any atom is 0.200 e. The Balaban J connectivity index is 1.48. The van der Waals surface area contributed by atoms with Crippen molar-refractivity contribution in [2.45, 2.75) is 65.2 Å². The van der Waals surface area contributed by atoms with E-state index < -0.39 is 11.6 Å². The van der Waals surface area contributed by atoms with E-state index in [1.807, 2.05) is 6.07 Å². The van der Waals surface area contributed by atoms with Gasteiger partial charge in [0.1, 0.15) is 5.82 Å². The van der Waals surface area contributed by atoms with Gasteiger partial charge in [-0.2, -0.15) is 4.39 Å². The van der Waals surface area contributed by atoms with Crippen LogP contribution in [0.2, 0.25) is 0 Å². The smallest absolute Gasteiger partial charge is 0.200 e. The standard InChI is InChI=1S/C29H35F3O/c1-3-7-21-10-12-22(13-11-21)8-5-6-9-23-14-15-24(26(30)20-23)16-17-25-18-19-27(33-4-2)29(32)28(25)31/h3,5,7-8,14-15,18-22H,4,6,9-13,16-17H2,1-2H3/b7-3+,8-5+. The van der Waals surface area contributed by atoms with Gasteiger partial charge in [0, 0.05) is 0 Å². The SMILES string of the molecule is C/C=C/C1CCC(/C=C/CCc2ccc(CCc3ccc(OCC)c(F)c3F)c(F)c2)CC1. The Labute approximate surface area is 196 Å². The van der Waals surface area contributed by atoms with Crippen molar-refractivity contribution < 1.29 is 17.9 Å². The number of hydrogen-bond acceptors (Lipinski definition) is 1. The van der Waals surface area contributed by atoms with Gasteiger partial charge >= 0.3 is 0 Å². The fourth-order valence-corrected chi connectivity index (χ4v) is 4.59. The first kappa shape index (κ1) is 25.1. The van der Waals surface area contributed by atoms with Crippen LogP contribution in [0.3, 0.4) is 0 Å². The number of halogens is 3. The van der Waals surface area contributed by atoms with E-state index in [1.165, 1.54) is 37.8 Å². The van der Waals surface area contributed by atoms with Crippen LogP contribution in [-0.2, 0) is 19.3 Å². The summed E-state index contributed by atoms with van der Waals surface area (Å²) in [5.74, 6) is -0.871. The number of aryl methyl sites for hydroxylation is 3. The van der Waals surface area contributed by atoms with E-state index in [0.29, 0.717) is 17.9 Å². The van der Waals surface area contributed by atoms with Crippen LogP contribution in [0.5, 0.6) is 5.75 Å². The lowest BCUT2D eigenvalue weighted by atomic mass is 9.81. The quantitative estimate of drug-likeness (QED) is 0.328. The van der Waals surface area contributed by atoms with Gasteiger partial charge in [0.2, 0.25) is 5.82 Å². The predicted molar refractivity (Wildman–Crippen MR) is 129 cm³/mol. The predicted octanol–water partition coefficient (Wildman–Crippen LogP) is 8.16. The van der Waals surface area contributed by atoms with Gasteiger partial charge in [-0.3, -0.25) is 0 Å². The summed E-state index contributed by atoms with van der Waals surface area (Å²) in [7, 11) is 0.